The fraction of sp³-hybridized carbons (Fsp3) is 0.143. The summed E-state index contributed by atoms with van der Waals surface area (Å²) in [5.41, 5.74) is 0.775. The SMILES string of the molecule is CC(Oc1cc(Br)c(Br)cc1Br)c1ccc(Cl)c(Cl)c1Cl. The van der Waals surface area contributed by atoms with Gasteiger partial charge in [-0.1, -0.05) is 40.9 Å². The zero-order chi connectivity index (χ0) is 15.7. The molecule has 0 aromatic heterocycles. The van der Waals surface area contributed by atoms with Crippen LogP contribution in [0.3, 0.4) is 0 Å². The summed E-state index contributed by atoms with van der Waals surface area (Å²) in [5, 5.41) is 1.16. The molecule has 0 aliphatic heterocycles. The molecule has 0 aliphatic carbocycles. The molecule has 112 valence electrons. The average molecular weight is 538 g/mol. The van der Waals surface area contributed by atoms with Crippen molar-refractivity contribution in [3.8, 4) is 5.75 Å². The van der Waals surface area contributed by atoms with Gasteiger partial charge >= 0.3 is 0 Å². The number of halogens is 6. The molecule has 0 fully saturated rings. The van der Waals surface area contributed by atoms with Crippen LogP contribution in [0.2, 0.25) is 15.1 Å². The fourth-order valence-electron chi connectivity index (χ4n) is 1.70. The van der Waals surface area contributed by atoms with Gasteiger partial charge in [-0.25, -0.2) is 0 Å². The Morgan fingerprint density at radius 2 is 1.52 bits per heavy atom. The van der Waals surface area contributed by atoms with Crippen molar-refractivity contribution in [2.45, 2.75) is 13.0 Å². The maximum atomic E-state index is 6.23. The molecule has 0 saturated carbocycles. The largest absolute Gasteiger partial charge is 0.485 e. The first-order valence-corrected chi connectivity index (χ1v) is 9.27. The van der Waals surface area contributed by atoms with E-state index in [9.17, 15) is 0 Å². The summed E-state index contributed by atoms with van der Waals surface area (Å²) in [7, 11) is 0. The highest BCUT2D eigenvalue weighted by Gasteiger charge is 2.17. The van der Waals surface area contributed by atoms with Crippen LogP contribution < -0.4 is 4.74 Å². The van der Waals surface area contributed by atoms with E-state index < -0.39 is 0 Å². The quantitative estimate of drug-likeness (QED) is 0.284. The third-order valence-corrected chi connectivity index (χ3v) is 6.55. The zero-order valence-electron chi connectivity index (χ0n) is 10.6. The molecule has 0 saturated heterocycles. The van der Waals surface area contributed by atoms with E-state index in [0.29, 0.717) is 20.8 Å². The second-order valence-electron chi connectivity index (χ2n) is 4.22. The van der Waals surface area contributed by atoms with Gasteiger partial charge in [0.2, 0.25) is 0 Å². The van der Waals surface area contributed by atoms with E-state index in [-0.39, 0.29) is 6.10 Å². The summed E-state index contributed by atoms with van der Waals surface area (Å²) in [6.07, 6.45) is -0.281. The second kappa shape index (κ2) is 7.41. The average Bonchev–Trinajstić information content (AvgIpc) is 2.42. The van der Waals surface area contributed by atoms with E-state index in [1.807, 2.05) is 25.1 Å². The van der Waals surface area contributed by atoms with Crippen LogP contribution in [-0.2, 0) is 0 Å². The highest BCUT2D eigenvalue weighted by atomic mass is 79.9. The Hall–Kier alpha value is 0.550. The Kier molecular flexibility index (Phi) is 6.32. The van der Waals surface area contributed by atoms with Crippen molar-refractivity contribution in [3.05, 3.63) is 58.3 Å². The van der Waals surface area contributed by atoms with E-state index in [1.165, 1.54) is 0 Å². The van der Waals surface area contributed by atoms with Gasteiger partial charge in [0, 0.05) is 14.5 Å². The molecular weight excluding hydrogens is 530 g/mol. The molecule has 0 amide bonds. The molecule has 2 aromatic rings. The van der Waals surface area contributed by atoms with E-state index >= 15 is 0 Å². The van der Waals surface area contributed by atoms with Gasteiger partial charge in [-0.15, -0.1) is 0 Å². The fourth-order valence-corrected chi connectivity index (χ4v) is 3.81. The molecule has 21 heavy (non-hydrogen) atoms. The molecule has 0 bridgehead atoms. The lowest BCUT2D eigenvalue weighted by Crippen LogP contribution is -2.04. The number of ether oxygens (including phenoxy) is 1. The number of hydrogen-bond acceptors (Lipinski definition) is 1. The first kappa shape index (κ1) is 17.9. The van der Waals surface area contributed by atoms with E-state index in [2.05, 4.69) is 47.8 Å². The van der Waals surface area contributed by atoms with Crippen molar-refractivity contribution in [2.75, 3.05) is 0 Å². The molecular formula is C14H8Br3Cl3O. The predicted molar refractivity (Wildman–Crippen MR) is 100 cm³/mol. The highest BCUT2D eigenvalue weighted by molar-refractivity contribution is 9.13. The van der Waals surface area contributed by atoms with Crippen LogP contribution in [0.5, 0.6) is 5.75 Å². The van der Waals surface area contributed by atoms with Crippen molar-refractivity contribution in [2.24, 2.45) is 0 Å². The first-order valence-electron chi connectivity index (χ1n) is 5.76. The van der Waals surface area contributed by atoms with Crippen LogP contribution in [0.1, 0.15) is 18.6 Å². The Balaban J connectivity index is 2.32. The third kappa shape index (κ3) is 4.10. The van der Waals surface area contributed by atoms with Crippen LogP contribution in [-0.4, -0.2) is 0 Å². The van der Waals surface area contributed by atoms with Crippen LogP contribution in [0.15, 0.2) is 37.7 Å². The van der Waals surface area contributed by atoms with Crippen LogP contribution in [0, 0.1) is 0 Å². The van der Waals surface area contributed by atoms with Gasteiger partial charge in [0.05, 0.1) is 19.5 Å². The van der Waals surface area contributed by atoms with Crippen molar-refractivity contribution >= 4 is 82.6 Å². The van der Waals surface area contributed by atoms with Crippen molar-refractivity contribution < 1.29 is 4.74 Å². The number of hydrogen-bond donors (Lipinski definition) is 0. The smallest absolute Gasteiger partial charge is 0.135 e. The van der Waals surface area contributed by atoms with Crippen LogP contribution in [0.4, 0.5) is 0 Å². The molecule has 1 unspecified atom stereocenters. The van der Waals surface area contributed by atoms with Crippen LogP contribution in [0.25, 0.3) is 0 Å². The van der Waals surface area contributed by atoms with Gasteiger partial charge in [-0.2, -0.15) is 0 Å². The summed E-state index contributed by atoms with van der Waals surface area (Å²) in [5.74, 6) is 0.694. The lowest BCUT2D eigenvalue weighted by molar-refractivity contribution is 0.225. The third-order valence-electron chi connectivity index (χ3n) is 2.78. The van der Waals surface area contributed by atoms with Crippen molar-refractivity contribution in [3.63, 3.8) is 0 Å². The highest BCUT2D eigenvalue weighted by Crippen LogP contribution is 2.40. The minimum Gasteiger partial charge on any atom is -0.485 e. The van der Waals surface area contributed by atoms with E-state index in [4.69, 9.17) is 39.5 Å². The summed E-state index contributed by atoms with van der Waals surface area (Å²) in [4.78, 5) is 0. The minimum absolute atomic E-state index is 0.281. The maximum Gasteiger partial charge on any atom is 0.135 e. The van der Waals surface area contributed by atoms with Gasteiger partial charge in [-0.05, 0) is 72.9 Å². The van der Waals surface area contributed by atoms with E-state index in [1.54, 1.807) is 6.07 Å². The molecule has 1 atom stereocenters. The molecule has 0 N–H and O–H groups in total. The predicted octanol–water partition coefficient (Wildman–Crippen LogP) is 8.07. The van der Waals surface area contributed by atoms with E-state index in [0.717, 1.165) is 19.0 Å². The molecule has 0 heterocycles. The lowest BCUT2D eigenvalue weighted by Gasteiger charge is -2.18. The van der Waals surface area contributed by atoms with Gasteiger partial charge in [0.1, 0.15) is 11.9 Å². The standard InChI is InChI=1S/C14H8Br3Cl3O/c1-6(7-2-3-11(18)14(20)13(7)19)21-12-5-9(16)8(15)4-10(12)17/h2-6H,1H3. The Morgan fingerprint density at radius 1 is 0.905 bits per heavy atom. The number of rotatable bonds is 3. The molecule has 2 aromatic carbocycles. The zero-order valence-corrected chi connectivity index (χ0v) is 17.6. The van der Waals surface area contributed by atoms with Gasteiger partial charge in [0.25, 0.3) is 0 Å². The van der Waals surface area contributed by atoms with Gasteiger partial charge < -0.3 is 4.74 Å². The molecule has 1 nitrogen and oxygen atoms in total. The topological polar surface area (TPSA) is 9.23 Å². The summed E-state index contributed by atoms with van der Waals surface area (Å²) >= 11 is 28.6. The Morgan fingerprint density at radius 3 is 2.19 bits per heavy atom. The molecule has 0 aliphatic rings. The summed E-state index contributed by atoms with van der Waals surface area (Å²) < 4.78 is 8.62. The van der Waals surface area contributed by atoms with Crippen molar-refractivity contribution in [1.82, 2.24) is 0 Å². The lowest BCUT2D eigenvalue weighted by atomic mass is 10.1. The normalized spacial score (nSPS) is 12.3. The van der Waals surface area contributed by atoms with Crippen LogP contribution >= 0.6 is 82.6 Å². The molecule has 0 radical (unpaired) electrons. The minimum atomic E-state index is -0.281. The van der Waals surface area contributed by atoms with Crippen molar-refractivity contribution in [1.29, 1.82) is 0 Å². The summed E-state index contributed by atoms with van der Waals surface area (Å²) in [6, 6.07) is 7.29. The second-order valence-corrected chi connectivity index (χ2v) is 7.95. The molecule has 7 heteroatoms. The van der Waals surface area contributed by atoms with Gasteiger partial charge in [-0.3, -0.25) is 0 Å². The monoisotopic (exact) mass is 534 g/mol. The molecule has 2 rings (SSSR count). The maximum absolute atomic E-state index is 6.23. The summed E-state index contributed by atoms with van der Waals surface area (Å²) in [6.45, 7) is 1.90. The van der Waals surface area contributed by atoms with Gasteiger partial charge in [0.15, 0.2) is 0 Å². The Bertz CT molecular complexity index is 692. The first-order chi connectivity index (χ1) is 9.81. The number of benzene rings is 2. The Labute approximate surface area is 163 Å². The molecule has 0 spiro atoms.